The summed E-state index contributed by atoms with van der Waals surface area (Å²) in [6.45, 7) is 3.86. The van der Waals surface area contributed by atoms with Crippen molar-refractivity contribution in [3.63, 3.8) is 0 Å². The molecule has 1 atom stereocenters. The standard InChI is InChI=1S/C23H18Cl2F3N5O4/c1-22(2)8-29-18(23(26,27)28)16-15(22)11-7-10(3-4-14(11)31-16)36-17-12(24)5-9(6-13(17)25)30-20(34)19-32-21(35)37-33-19/h3-7,18,29,31H,8H2,1-2H3,(H,30,34)(H,32,33,35). The molecule has 0 fully saturated rings. The number of benzene rings is 2. The van der Waals surface area contributed by atoms with E-state index in [1.54, 1.807) is 18.2 Å². The molecule has 1 aliphatic rings. The molecule has 1 unspecified atom stereocenters. The number of hydrogen-bond donors (Lipinski definition) is 4. The lowest BCUT2D eigenvalue weighted by atomic mass is 9.78. The summed E-state index contributed by atoms with van der Waals surface area (Å²) in [5.41, 5.74) is 0.760. The first kappa shape index (κ1) is 25.2. The van der Waals surface area contributed by atoms with E-state index in [1.165, 1.54) is 12.1 Å². The molecule has 4 N–H and O–H groups in total. The highest BCUT2D eigenvalue weighted by Gasteiger charge is 2.48. The number of nitrogens with zero attached hydrogens (tertiary/aromatic N) is 1. The fourth-order valence-corrected chi connectivity index (χ4v) is 4.96. The number of anilines is 1. The van der Waals surface area contributed by atoms with E-state index in [1.807, 2.05) is 13.8 Å². The van der Waals surface area contributed by atoms with E-state index in [0.717, 1.165) is 0 Å². The van der Waals surface area contributed by atoms with Gasteiger partial charge in [-0.2, -0.15) is 13.2 Å². The van der Waals surface area contributed by atoms with Gasteiger partial charge in [-0.1, -0.05) is 37.0 Å². The van der Waals surface area contributed by atoms with Gasteiger partial charge >= 0.3 is 11.9 Å². The molecule has 1 amide bonds. The molecular weight excluding hydrogens is 538 g/mol. The third-order valence-corrected chi connectivity index (χ3v) is 6.53. The van der Waals surface area contributed by atoms with E-state index in [4.69, 9.17) is 27.9 Å². The SMILES string of the molecule is CC1(C)CNC(C(F)(F)F)c2[nH]c3ccc(Oc4c(Cl)cc(NC(=O)c5noc(=O)[nH]5)cc4Cl)cc3c21. The third kappa shape index (κ3) is 4.67. The Kier molecular flexibility index (Phi) is 6.00. The summed E-state index contributed by atoms with van der Waals surface area (Å²) in [6.07, 6.45) is -4.47. The van der Waals surface area contributed by atoms with Gasteiger partial charge < -0.3 is 20.4 Å². The van der Waals surface area contributed by atoms with Crippen LogP contribution in [-0.4, -0.2) is 33.8 Å². The van der Waals surface area contributed by atoms with Crippen LogP contribution in [0.5, 0.6) is 11.5 Å². The van der Waals surface area contributed by atoms with E-state index in [2.05, 4.69) is 30.3 Å². The quantitative estimate of drug-likeness (QED) is 0.257. The van der Waals surface area contributed by atoms with Crippen molar-refractivity contribution in [1.29, 1.82) is 0 Å². The van der Waals surface area contributed by atoms with Crippen LogP contribution in [0.15, 0.2) is 39.6 Å². The first-order valence-corrected chi connectivity index (χ1v) is 11.6. The van der Waals surface area contributed by atoms with Crippen LogP contribution < -0.4 is 21.1 Å². The molecule has 2 aromatic heterocycles. The van der Waals surface area contributed by atoms with Crippen molar-refractivity contribution in [1.82, 2.24) is 20.4 Å². The first-order chi connectivity index (χ1) is 17.3. The van der Waals surface area contributed by atoms with Crippen LogP contribution in [0.1, 0.15) is 41.8 Å². The van der Waals surface area contributed by atoms with Gasteiger partial charge in [-0.15, -0.1) is 0 Å². The lowest BCUT2D eigenvalue weighted by Crippen LogP contribution is -2.46. The predicted octanol–water partition coefficient (Wildman–Crippen LogP) is 5.68. The number of carbonyl (C=O) groups is 1. The molecule has 2 aromatic carbocycles. The molecule has 1 aliphatic heterocycles. The molecule has 194 valence electrons. The molecule has 37 heavy (non-hydrogen) atoms. The lowest BCUT2D eigenvalue weighted by molar-refractivity contribution is -0.160. The highest BCUT2D eigenvalue weighted by Crippen LogP contribution is 2.46. The van der Waals surface area contributed by atoms with Crippen molar-refractivity contribution >= 4 is 45.7 Å². The maximum absolute atomic E-state index is 13.7. The molecule has 4 aromatic rings. The van der Waals surface area contributed by atoms with Gasteiger partial charge in [0.05, 0.1) is 10.0 Å². The fourth-order valence-electron chi connectivity index (χ4n) is 4.39. The number of hydrogen-bond acceptors (Lipinski definition) is 6. The van der Waals surface area contributed by atoms with E-state index in [0.29, 0.717) is 22.2 Å². The first-order valence-electron chi connectivity index (χ1n) is 10.8. The number of ether oxygens (including phenoxy) is 1. The Hall–Kier alpha value is -3.48. The zero-order valence-electron chi connectivity index (χ0n) is 19.1. The van der Waals surface area contributed by atoms with Crippen LogP contribution in [0.2, 0.25) is 10.0 Å². The van der Waals surface area contributed by atoms with Gasteiger partial charge in [-0.3, -0.25) is 14.3 Å². The normalized spacial score (nSPS) is 17.0. The monoisotopic (exact) mass is 555 g/mol. The second kappa shape index (κ2) is 8.82. The van der Waals surface area contributed by atoms with Gasteiger partial charge in [0.25, 0.3) is 5.91 Å². The van der Waals surface area contributed by atoms with Crippen molar-refractivity contribution in [2.75, 3.05) is 11.9 Å². The average molecular weight is 556 g/mol. The number of rotatable bonds is 4. The van der Waals surface area contributed by atoms with E-state index in [9.17, 15) is 22.8 Å². The number of alkyl halides is 3. The van der Waals surface area contributed by atoms with Crippen molar-refractivity contribution in [2.45, 2.75) is 31.5 Å². The smallest absolute Gasteiger partial charge is 0.439 e. The zero-order valence-corrected chi connectivity index (χ0v) is 20.7. The topological polar surface area (TPSA) is 125 Å². The summed E-state index contributed by atoms with van der Waals surface area (Å²) in [4.78, 5) is 28.2. The number of fused-ring (bicyclic) bond motifs is 3. The minimum atomic E-state index is -4.47. The highest BCUT2D eigenvalue weighted by molar-refractivity contribution is 6.37. The van der Waals surface area contributed by atoms with Crippen molar-refractivity contribution < 1.29 is 27.2 Å². The van der Waals surface area contributed by atoms with E-state index >= 15 is 0 Å². The highest BCUT2D eigenvalue weighted by atomic mass is 35.5. The Bertz CT molecular complexity index is 1570. The van der Waals surface area contributed by atoms with Crippen LogP contribution in [-0.2, 0) is 5.41 Å². The minimum Gasteiger partial charge on any atom is -0.454 e. The van der Waals surface area contributed by atoms with Crippen LogP contribution in [0, 0.1) is 0 Å². The summed E-state index contributed by atoms with van der Waals surface area (Å²) in [6, 6.07) is 5.78. The summed E-state index contributed by atoms with van der Waals surface area (Å²) < 4.78 is 51.2. The van der Waals surface area contributed by atoms with Crippen molar-refractivity contribution in [2.24, 2.45) is 0 Å². The van der Waals surface area contributed by atoms with Crippen LogP contribution in [0.4, 0.5) is 18.9 Å². The second-order valence-corrected chi connectivity index (χ2v) is 9.94. The fraction of sp³-hybridized carbons (Fsp3) is 0.261. The molecule has 14 heteroatoms. The Morgan fingerprint density at radius 2 is 1.89 bits per heavy atom. The minimum absolute atomic E-state index is 0.0503. The molecule has 9 nitrogen and oxygen atoms in total. The molecule has 0 aliphatic carbocycles. The van der Waals surface area contributed by atoms with E-state index < -0.39 is 29.3 Å². The molecular formula is C23H18Cl2F3N5O4. The summed E-state index contributed by atoms with van der Waals surface area (Å²) in [5, 5.41) is 9.04. The zero-order chi connectivity index (χ0) is 26.7. The number of aromatic amines is 2. The summed E-state index contributed by atoms with van der Waals surface area (Å²) >= 11 is 12.7. The summed E-state index contributed by atoms with van der Waals surface area (Å²) in [5.74, 6) is -1.61. The largest absolute Gasteiger partial charge is 0.454 e. The molecule has 0 saturated heterocycles. The molecule has 0 spiro atoms. The van der Waals surface area contributed by atoms with E-state index in [-0.39, 0.29) is 39.5 Å². The number of halogens is 5. The van der Waals surface area contributed by atoms with Crippen LogP contribution >= 0.6 is 23.2 Å². The third-order valence-electron chi connectivity index (χ3n) is 5.97. The molecule has 0 bridgehead atoms. The second-order valence-electron chi connectivity index (χ2n) is 9.13. The Morgan fingerprint density at radius 3 is 2.51 bits per heavy atom. The number of carbonyl (C=O) groups excluding carboxylic acids is 1. The Balaban J connectivity index is 1.46. The van der Waals surface area contributed by atoms with Gasteiger partial charge in [0, 0.05) is 34.2 Å². The number of H-pyrrole nitrogens is 2. The van der Waals surface area contributed by atoms with Gasteiger partial charge in [0.15, 0.2) is 5.75 Å². The maximum Gasteiger partial charge on any atom is 0.439 e. The Labute approximate surface area is 216 Å². The predicted molar refractivity (Wildman–Crippen MR) is 130 cm³/mol. The molecule has 0 saturated carbocycles. The summed E-state index contributed by atoms with van der Waals surface area (Å²) in [7, 11) is 0. The lowest BCUT2D eigenvalue weighted by Gasteiger charge is -2.36. The van der Waals surface area contributed by atoms with Gasteiger partial charge in [0.1, 0.15) is 11.8 Å². The maximum atomic E-state index is 13.7. The number of aromatic nitrogens is 3. The van der Waals surface area contributed by atoms with Gasteiger partial charge in [-0.25, -0.2) is 4.79 Å². The van der Waals surface area contributed by atoms with Crippen LogP contribution in [0.3, 0.4) is 0 Å². The van der Waals surface area contributed by atoms with Gasteiger partial charge in [-0.05, 0) is 41.1 Å². The number of nitrogens with one attached hydrogen (secondary N) is 4. The van der Waals surface area contributed by atoms with Crippen molar-refractivity contribution in [3.8, 4) is 11.5 Å². The number of amides is 1. The van der Waals surface area contributed by atoms with Crippen LogP contribution in [0.25, 0.3) is 10.9 Å². The average Bonchev–Trinajstić information content (AvgIpc) is 3.39. The Morgan fingerprint density at radius 1 is 1.19 bits per heavy atom. The van der Waals surface area contributed by atoms with Crippen molar-refractivity contribution in [3.05, 3.63) is 68.0 Å². The molecule has 0 radical (unpaired) electrons. The molecule has 5 rings (SSSR count). The molecule has 3 heterocycles. The van der Waals surface area contributed by atoms with Gasteiger partial charge in [0.2, 0.25) is 5.82 Å².